The van der Waals surface area contributed by atoms with Gasteiger partial charge < -0.3 is 10.1 Å². The van der Waals surface area contributed by atoms with E-state index in [9.17, 15) is 0 Å². The van der Waals surface area contributed by atoms with E-state index in [1.165, 1.54) is 6.42 Å². The molecule has 4 heteroatoms. The molecule has 0 radical (unpaired) electrons. The lowest BCUT2D eigenvalue weighted by Crippen LogP contribution is -2.21. The standard InChI is InChI=1S/C10H19N3O/c1-2-4-11-6-9-14-10-8-13-7-3-5-12-13/h3,5,7,11H,2,4,6,8-10H2,1H3. The molecule has 0 aliphatic heterocycles. The van der Waals surface area contributed by atoms with Crippen molar-refractivity contribution in [2.24, 2.45) is 0 Å². The summed E-state index contributed by atoms with van der Waals surface area (Å²) >= 11 is 0. The predicted octanol–water partition coefficient (Wildman–Crippen LogP) is 0.899. The fourth-order valence-corrected chi connectivity index (χ4v) is 1.14. The van der Waals surface area contributed by atoms with Gasteiger partial charge in [-0.25, -0.2) is 0 Å². The molecule has 0 saturated heterocycles. The van der Waals surface area contributed by atoms with Gasteiger partial charge in [-0.15, -0.1) is 0 Å². The predicted molar refractivity (Wildman–Crippen MR) is 56.2 cm³/mol. The van der Waals surface area contributed by atoms with Gasteiger partial charge in [0.2, 0.25) is 0 Å². The van der Waals surface area contributed by atoms with Crippen molar-refractivity contribution in [3.05, 3.63) is 18.5 Å². The minimum absolute atomic E-state index is 0.732. The monoisotopic (exact) mass is 197 g/mol. The molecule has 80 valence electrons. The molecule has 0 amide bonds. The molecular weight excluding hydrogens is 178 g/mol. The van der Waals surface area contributed by atoms with E-state index in [-0.39, 0.29) is 0 Å². The maximum atomic E-state index is 5.43. The number of hydrogen-bond donors (Lipinski definition) is 1. The van der Waals surface area contributed by atoms with Crippen LogP contribution in [0.2, 0.25) is 0 Å². The third-order valence-corrected chi connectivity index (χ3v) is 1.87. The van der Waals surface area contributed by atoms with Gasteiger partial charge in [-0.2, -0.15) is 5.10 Å². The lowest BCUT2D eigenvalue weighted by molar-refractivity contribution is 0.125. The van der Waals surface area contributed by atoms with E-state index in [0.717, 1.165) is 32.8 Å². The normalized spacial score (nSPS) is 10.6. The first-order chi connectivity index (χ1) is 6.93. The van der Waals surface area contributed by atoms with Crippen molar-refractivity contribution in [2.75, 3.05) is 26.3 Å². The second-order valence-corrected chi connectivity index (χ2v) is 3.13. The molecule has 0 aliphatic carbocycles. The van der Waals surface area contributed by atoms with Crippen LogP contribution in [0.4, 0.5) is 0 Å². The molecule has 0 aromatic carbocycles. The van der Waals surface area contributed by atoms with Crippen LogP contribution in [0.3, 0.4) is 0 Å². The maximum Gasteiger partial charge on any atom is 0.0663 e. The smallest absolute Gasteiger partial charge is 0.0663 e. The molecule has 1 heterocycles. The Bertz CT molecular complexity index is 211. The summed E-state index contributed by atoms with van der Waals surface area (Å²) < 4.78 is 7.30. The van der Waals surface area contributed by atoms with Crippen LogP contribution >= 0.6 is 0 Å². The van der Waals surface area contributed by atoms with Crippen LogP contribution in [0, 0.1) is 0 Å². The van der Waals surface area contributed by atoms with Crippen LogP contribution in [0.1, 0.15) is 13.3 Å². The van der Waals surface area contributed by atoms with Gasteiger partial charge in [0.25, 0.3) is 0 Å². The van der Waals surface area contributed by atoms with Crippen molar-refractivity contribution in [2.45, 2.75) is 19.9 Å². The molecule has 1 aromatic rings. The van der Waals surface area contributed by atoms with Crippen molar-refractivity contribution < 1.29 is 4.74 Å². The van der Waals surface area contributed by atoms with Gasteiger partial charge in [0.15, 0.2) is 0 Å². The van der Waals surface area contributed by atoms with E-state index in [4.69, 9.17) is 4.74 Å². The van der Waals surface area contributed by atoms with E-state index in [0.29, 0.717) is 0 Å². The quantitative estimate of drug-likeness (QED) is 0.629. The van der Waals surface area contributed by atoms with Crippen LogP contribution in [-0.2, 0) is 11.3 Å². The highest BCUT2D eigenvalue weighted by Crippen LogP contribution is 1.84. The third-order valence-electron chi connectivity index (χ3n) is 1.87. The van der Waals surface area contributed by atoms with E-state index in [2.05, 4.69) is 17.3 Å². The van der Waals surface area contributed by atoms with Crippen LogP contribution in [0.25, 0.3) is 0 Å². The first-order valence-electron chi connectivity index (χ1n) is 5.19. The summed E-state index contributed by atoms with van der Waals surface area (Å²) in [7, 11) is 0. The number of aromatic nitrogens is 2. The topological polar surface area (TPSA) is 39.1 Å². The van der Waals surface area contributed by atoms with Crippen molar-refractivity contribution in [3.63, 3.8) is 0 Å². The Balaban J connectivity index is 1.85. The molecule has 0 bridgehead atoms. The molecule has 0 aliphatic rings. The Morgan fingerprint density at radius 2 is 2.29 bits per heavy atom. The SMILES string of the molecule is CCCNCCOCCn1cccn1. The summed E-state index contributed by atoms with van der Waals surface area (Å²) in [5.74, 6) is 0. The Labute approximate surface area is 85.3 Å². The van der Waals surface area contributed by atoms with Gasteiger partial charge in [-0.1, -0.05) is 6.92 Å². The van der Waals surface area contributed by atoms with Crippen molar-refractivity contribution in [1.82, 2.24) is 15.1 Å². The Morgan fingerprint density at radius 1 is 1.36 bits per heavy atom. The average Bonchev–Trinajstić information content (AvgIpc) is 2.69. The Morgan fingerprint density at radius 3 is 3.00 bits per heavy atom. The lowest BCUT2D eigenvalue weighted by atomic mass is 10.5. The lowest BCUT2D eigenvalue weighted by Gasteiger charge is -2.05. The highest BCUT2D eigenvalue weighted by molar-refractivity contribution is 4.77. The fourth-order valence-electron chi connectivity index (χ4n) is 1.14. The molecule has 0 spiro atoms. The maximum absolute atomic E-state index is 5.43. The fraction of sp³-hybridized carbons (Fsp3) is 0.700. The third kappa shape index (κ3) is 4.99. The summed E-state index contributed by atoms with van der Waals surface area (Å²) in [5.41, 5.74) is 0. The zero-order chi connectivity index (χ0) is 10.1. The molecular formula is C10H19N3O. The largest absolute Gasteiger partial charge is 0.378 e. The van der Waals surface area contributed by atoms with Gasteiger partial charge in [-0.3, -0.25) is 4.68 Å². The first-order valence-corrected chi connectivity index (χ1v) is 5.19. The summed E-state index contributed by atoms with van der Waals surface area (Å²) in [6.45, 7) is 6.51. The summed E-state index contributed by atoms with van der Waals surface area (Å²) in [4.78, 5) is 0. The first kappa shape index (κ1) is 11.2. The average molecular weight is 197 g/mol. The van der Waals surface area contributed by atoms with Gasteiger partial charge in [0.1, 0.15) is 0 Å². The van der Waals surface area contributed by atoms with Crippen LogP contribution < -0.4 is 5.32 Å². The summed E-state index contributed by atoms with van der Waals surface area (Å²) in [5, 5.41) is 7.37. The molecule has 4 nitrogen and oxygen atoms in total. The second-order valence-electron chi connectivity index (χ2n) is 3.13. The van der Waals surface area contributed by atoms with Crippen molar-refractivity contribution >= 4 is 0 Å². The zero-order valence-electron chi connectivity index (χ0n) is 8.78. The molecule has 0 atom stereocenters. The van der Waals surface area contributed by atoms with Crippen molar-refractivity contribution in [1.29, 1.82) is 0 Å². The van der Waals surface area contributed by atoms with E-state index in [1.807, 2.05) is 16.9 Å². The number of nitrogens with one attached hydrogen (secondary N) is 1. The molecule has 1 rings (SSSR count). The summed E-state index contributed by atoms with van der Waals surface area (Å²) in [6, 6.07) is 1.92. The van der Waals surface area contributed by atoms with Crippen LogP contribution in [-0.4, -0.2) is 36.1 Å². The van der Waals surface area contributed by atoms with Crippen LogP contribution in [0.5, 0.6) is 0 Å². The highest BCUT2D eigenvalue weighted by Gasteiger charge is 1.90. The molecule has 0 fully saturated rings. The Hall–Kier alpha value is -0.870. The van der Waals surface area contributed by atoms with Crippen LogP contribution in [0.15, 0.2) is 18.5 Å². The number of hydrogen-bond acceptors (Lipinski definition) is 3. The van der Waals surface area contributed by atoms with Gasteiger partial charge in [0.05, 0.1) is 19.8 Å². The molecule has 14 heavy (non-hydrogen) atoms. The van der Waals surface area contributed by atoms with E-state index in [1.54, 1.807) is 6.20 Å². The van der Waals surface area contributed by atoms with E-state index < -0.39 is 0 Å². The minimum Gasteiger partial charge on any atom is -0.378 e. The molecule has 1 aromatic heterocycles. The Kier molecular flexibility index (Phi) is 6.02. The van der Waals surface area contributed by atoms with E-state index >= 15 is 0 Å². The van der Waals surface area contributed by atoms with Crippen molar-refractivity contribution in [3.8, 4) is 0 Å². The van der Waals surface area contributed by atoms with Gasteiger partial charge >= 0.3 is 0 Å². The molecule has 0 saturated carbocycles. The zero-order valence-corrected chi connectivity index (χ0v) is 8.78. The number of rotatable bonds is 8. The minimum atomic E-state index is 0.732. The number of nitrogens with zero attached hydrogens (tertiary/aromatic N) is 2. The summed E-state index contributed by atoms with van der Waals surface area (Å²) in [6.07, 6.45) is 4.90. The molecule has 0 unspecified atom stereocenters. The second kappa shape index (κ2) is 7.53. The highest BCUT2D eigenvalue weighted by atomic mass is 16.5. The molecule has 1 N–H and O–H groups in total. The van der Waals surface area contributed by atoms with Gasteiger partial charge in [0, 0.05) is 18.9 Å². The number of ether oxygens (including phenoxy) is 1. The van der Waals surface area contributed by atoms with Gasteiger partial charge in [-0.05, 0) is 19.0 Å².